The van der Waals surface area contributed by atoms with Gasteiger partial charge in [-0.3, -0.25) is 4.79 Å². The molecular weight excluding hydrogens is 502 g/mol. The summed E-state index contributed by atoms with van der Waals surface area (Å²) in [6.45, 7) is 3.90. The maximum absolute atomic E-state index is 14.0. The van der Waals surface area contributed by atoms with Gasteiger partial charge in [0.25, 0.3) is 0 Å². The highest BCUT2D eigenvalue weighted by Crippen LogP contribution is 2.36. The van der Waals surface area contributed by atoms with Gasteiger partial charge >= 0.3 is 0 Å². The molecular formula is C30H29NO4S2. The van der Waals surface area contributed by atoms with E-state index in [1.165, 1.54) is 11.8 Å². The number of methoxy groups -OCH3 is 1. The normalized spacial score (nSPS) is 13.1. The Morgan fingerprint density at radius 2 is 1.35 bits per heavy atom. The van der Waals surface area contributed by atoms with Crippen LogP contribution in [-0.4, -0.2) is 26.6 Å². The number of carbonyl (C=O) groups is 1. The Hall–Kier alpha value is -3.39. The molecule has 190 valence electrons. The number of sulfonamides is 1. The van der Waals surface area contributed by atoms with Crippen molar-refractivity contribution in [2.24, 2.45) is 0 Å². The molecule has 4 rings (SSSR count). The highest BCUT2D eigenvalue weighted by molar-refractivity contribution is 8.00. The van der Waals surface area contributed by atoms with Crippen LogP contribution in [0, 0.1) is 13.8 Å². The zero-order valence-electron chi connectivity index (χ0n) is 20.9. The van der Waals surface area contributed by atoms with Crippen LogP contribution in [0.3, 0.4) is 0 Å². The average molecular weight is 532 g/mol. The fraction of sp³-hybridized carbons (Fsp3) is 0.167. The maximum Gasteiger partial charge on any atom is 0.241 e. The van der Waals surface area contributed by atoms with Gasteiger partial charge in [0.1, 0.15) is 5.75 Å². The van der Waals surface area contributed by atoms with Crippen LogP contribution in [0.4, 0.5) is 0 Å². The molecule has 2 atom stereocenters. The van der Waals surface area contributed by atoms with Crippen molar-refractivity contribution >= 4 is 27.6 Å². The second-order valence-corrected chi connectivity index (χ2v) is 11.7. The molecule has 0 spiro atoms. The van der Waals surface area contributed by atoms with Crippen molar-refractivity contribution in [3.63, 3.8) is 0 Å². The molecule has 0 aliphatic heterocycles. The Kier molecular flexibility index (Phi) is 8.48. The summed E-state index contributed by atoms with van der Waals surface area (Å²) in [5.74, 6) is 0.452. The van der Waals surface area contributed by atoms with Crippen molar-refractivity contribution in [1.29, 1.82) is 0 Å². The zero-order chi connectivity index (χ0) is 26.4. The van der Waals surface area contributed by atoms with Crippen LogP contribution in [0.2, 0.25) is 0 Å². The van der Waals surface area contributed by atoms with Crippen molar-refractivity contribution in [1.82, 2.24) is 4.72 Å². The van der Waals surface area contributed by atoms with E-state index in [1.807, 2.05) is 68.4 Å². The second kappa shape index (κ2) is 11.8. The standard InChI is InChI=1S/C30H29NO4S2/c1-21-9-17-26(18-10-21)36-30(29(32)24-13-15-25(35-3)16-14-24)28(23-7-5-4-6-8-23)31-37(33,34)27-19-11-22(2)12-20-27/h4-20,28,30-31H,1-3H3/t28-,30-/m1/s1. The van der Waals surface area contributed by atoms with Crippen LogP contribution in [-0.2, 0) is 10.0 Å². The van der Waals surface area contributed by atoms with Crippen LogP contribution >= 0.6 is 11.8 Å². The number of carbonyl (C=O) groups excluding carboxylic acids is 1. The van der Waals surface area contributed by atoms with Crippen molar-refractivity contribution in [2.75, 3.05) is 7.11 Å². The quantitative estimate of drug-likeness (QED) is 0.190. The van der Waals surface area contributed by atoms with Crippen LogP contribution in [0.1, 0.15) is 33.1 Å². The molecule has 0 aliphatic rings. The lowest BCUT2D eigenvalue weighted by Gasteiger charge is -2.27. The molecule has 0 fully saturated rings. The maximum atomic E-state index is 14.0. The number of ketones is 1. The van der Waals surface area contributed by atoms with Crippen molar-refractivity contribution < 1.29 is 17.9 Å². The van der Waals surface area contributed by atoms with E-state index in [1.54, 1.807) is 55.6 Å². The smallest absolute Gasteiger partial charge is 0.241 e. The van der Waals surface area contributed by atoms with Gasteiger partial charge in [0.2, 0.25) is 10.0 Å². The molecule has 1 N–H and O–H groups in total. The molecule has 0 unspecified atom stereocenters. The molecule has 0 bridgehead atoms. The number of aryl methyl sites for hydroxylation is 2. The molecule has 4 aromatic rings. The molecule has 0 radical (unpaired) electrons. The minimum atomic E-state index is -3.93. The molecule has 5 nitrogen and oxygen atoms in total. The number of hydrogen-bond donors (Lipinski definition) is 1. The van der Waals surface area contributed by atoms with Gasteiger partial charge in [-0.05, 0) is 67.9 Å². The van der Waals surface area contributed by atoms with Crippen LogP contribution in [0.15, 0.2) is 113 Å². The average Bonchev–Trinajstić information content (AvgIpc) is 2.92. The molecule has 0 heterocycles. The number of hydrogen-bond acceptors (Lipinski definition) is 5. The predicted octanol–water partition coefficient (Wildman–Crippen LogP) is 6.38. The van der Waals surface area contributed by atoms with E-state index in [9.17, 15) is 13.2 Å². The minimum absolute atomic E-state index is 0.148. The first kappa shape index (κ1) is 26.7. The molecule has 0 aliphatic carbocycles. The number of benzene rings is 4. The van der Waals surface area contributed by atoms with Gasteiger partial charge in [-0.2, -0.15) is 0 Å². The first-order chi connectivity index (χ1) is 17.8. The number of Topliss-reactive ketones (excluding diaryl/α,β-unsaturated/α-hetero) is 1. The topological polar surface area (TPSA) is 72.5 Å². The van der Waals surface area contributed by atoms with Gasteiger partial charge in [-0.25, -0.2) is 13.1 Å². The first-order valence-electron chi connectivity index (χ1n) is 11.8. The predicted molar refractivity (Wildman–Crippen MR) is 149 cm³/mol. The van der Waals surface area contributed by atoms with Crippen LogP contribution < -0.4 is 9.46 Å². The largest absolute Gasteiger partial charge is 0.497 e. The summed E-state index contributed by atoms with van der Waals surface area (Å²) < 4.78 is 35.2. The summed E-state index contributed by atoms with van der Waals surface area (Å²) in [6, 6.07) is 29.8. The van der Waals surface area contributed by atoms with Crippen LogP contribution in [0.25, 0.3) is 0 Å². The first-order valence-corrected chi connectivity index (χ1v) is 14.2. The van der Waals surface area contributed by atoms with E-state index in [2.05, 4.69) is 4.72 Å². The van der Waals surface area contributed by atoms with Gasteiger partial charge in [0.05, 0.1) is 23.3 Å². The minimum Gasteiger partial charge on any atom is -0.497 e. The third-order valence-corrected chi connectivity index (χ3v) is 8.73. The van der Waals surface area contributed by atoms with Gasteiger partial charge in [0, 0.05) is 10.5 Å². The summed E-state index contributed by atoms with van der Waals surface area (Å²) in [4.78, 5) is 15.0. The van der Waals surface area contributed by atoms with Gasteiger partial charge in [-0.15, -0.1) is 11.8 Å². The third-order valence-electron chi connectivity index (χ3n) is 5.99. The zero-order valence-corrected chi connectivity index (χ0v) is 22.6. The van der Waals surface area contributed by atoms with E-state index >= 15 is 0 Å². The Morgan fingerprint density at radius 1 is 0.784 bits per heavy atom. The van der Waals surface area contributed by atoms with Crippen molar-refractivity contribution in [2.45, 2.75) is 34.9 Å². The highest BCUT2D eigenvalue weighted by Gasteiger charge is 2.35. The van der Waals surface area contributed by atoms with Gasteiger partial charge in [0.15, 0.2) is 5.78 Å². The Labute approximate surface area is 223 Å². The van der Waals surface area contributed by atoms with E-state index < -0.39 is 21.3 Å². The number of ether oxygens (including phenoxy) is 1. The van der Waals surface area contributed by atoms with Gasteiger partial charge in [-0.1, -0.05) is 65.7 Å². The van der Waals surface area contributed by atoms with E-state index in [-0.39, 0.29) is 10.7 Å². The highest BCUT2D eigenvalue weighted by atomic mass is 32.2. The molecule has 0 saturated carbocycles. The van der Waals surface area contributed by atoms with Gasteiger partial charge < -0.3 is 4.74 Å². The van der Waals surface area contributed by atoms with Crippen molar-refractivity contribution in [3.8, 4) is 5.75 Å². The lowest BCUT2D eigenvalue weighted by atomic mass is 9.98. The molecule has 0 saturated heterocycles. The lowest BCUT2D eigenvalue weighted by molar-refractivity contribution is 0.0979. The van der Waals surface area contributed by atoms with E-state index in [0.717, 1.165) is 16.0 Å². The lowest BCUT2D eigenvalue weighted by Crippen LogP contribution is -2.38. The summed E-state index contributed by atoms with van der Waals surface area (Å²) in [5, 5.41) is -0.779. The number of rotatable bonds is 10. The summed E-state index contributed by atoms with van der Waals surface area (Å²) in [7, 11) is -2.36. The van der Waals surface area contributed by atoms with E-state index in [0.29, 0.717) is 16.9 Å². The number of nitrogens with one attached hydrogen (secondary N) is 1. The molecule has 37 heavy (non-hydrogen) atoms. The van der Waals surface area contributed by atoms with Crippen LogP contribution in [0.5, 0.6) is 5.75 Å². The Bertz CT molecular complexity index is 1430. The molecule has 0 aromatic heterocycles. The van der Waals surface area contributed by atoms with E-state index in [4.69, 9.17) is 4.74 Å². The molecule has 0 amide bonds. The second-order valence-electron chi connectivity index (χ2n) is 8.77. The SMILES string of the molecule is COc1ccc(C(=O)[C@H](Sc2ccc(C)cc2)[C@H](NS(=O)(=O)c2ccc(C)cc2)c2ccccc2)cc1. The fourth-order valence-corrected chi connectivity index (χ4v) is 6.39. The monoisotopic (exact) mass is 531 g/mol. The Balaban J connectivity index is 1.79. The summed E-state index contributed by atoms with van der Waals surface area (Å²) in [6.07, 6.45) is 0. The Morgan fingerprint density at radius 3 is 1.92 bits per heavy atom. The fourth-order valence-electron chi connectivity index (χ4n) is 3.87. The number of thioether (sulfide) groups is 1. The molecule has 7 heteroatoms. The third kappa shape index (κ3) is 6.68. The summed E-state index contributed by atoms with van der Waals surface area (Å²) >= 11 is 1.34. The summed E-state index contributed by atoms with van der Waals surface area (Å²) in [5.41, 5.74) is 3.23. The van der Waals surface area contributed by atoms with Crippen molar-refractivity contribution in [3.05, 3.63) is 125 Å². The molecule has 4 aromatic carbocycles.